The van der Waals surface area contributed by atoms with Gasteiger partial charge in [0.15, 0.2) is 15.7 Å². The second-order valence-corrected chi connectivity index (χ2v) is 8.78. The standard InChI is InChI=1S/C20H16FN5OS3/c1-3-10-26-17(24-25-20(26)28)16-11(2)22-19(30-16)23-18(27)15-9-8-14(29-15)12-4-6-13(21)7-5-12/h3-9H,1,10H2,2H3,(H,25,28)(H,22,23,27). The number of hydrogen-bond donors (Lipinski definition) is 2. The zero-order chi connectivity index (χ0) is 21.3. The number of aromatic nitrogens is 4. The van der Waals surface area contributed by atoms with Crippen molar-refractivity contribution in [2.24, 2.45) is 0 Å². The van der Waals surface area contributed by atoms with Gasteiger partial charge in [-0.1, -0.05) is 29.5 Å². The maximum atomic E-state index is 13.1. The Kier molecular flexibility index (Phi) is 5.71. The number of hydrogen-bond acceptors (Lipinski definition) is 6. The first-order chi connectivity index (χ1) is 14.5. The second-order valence-electron chi connectivity index (χ2n) is 6.31. The Bertz CT molecular complexity index is 1280. The van der Waals surface area contributed by atoms with Crippen LogP contribution in [0.25, 0.3) is 21.1 Å². The Morgan fingerprint density at radius 2 is 2.07 bits per heavy atom. The van der Waals surface area contributed by atoms with E-state index < -0.39 is 0 Å². The molecule has 0 aliphatic heterocycles. The number of amides is 1. The van der Waals surface area contributed by atoms with Crippen LogP contribution in [-0.2, 0) is 6.54 Å². The number of thiazole rings is 1. The second kappa shape index (κ2) is 8.42. The molecule has 30 heavy (non-hydrogen) atoms. The van der Waals surface area contributed by atoms with Crippen molar-refractivity contribution in [2.45, 2.75) is 13.5 Å². The normalized spacial score (nSPS) is 10.9. The van der Waals surface area contributed by atoms with Crippen molar-refractivity contribution in [3.05, 3.63) is 70.2 Å². The van der Waals surface area contributed by atoms with Gasteiger partial charge in [0.1, 0.15) is 5.82 Å². The number of aryl methyl sites for hydroxylation is 1. The number of carbonyl (C=O) groups excluding carboxylic acids is 1. The molecular weight excluding hydrogens is 441 g/mol. The lowest BCUT2D eigenvalue weighted by atomic mass is 10.2. The van der Waals surface area contributed by atoms with Crippen LogP contribution in [0.15, 0.2) is 49.1 Å². The van der Waals surface area contributed by atoms with Crippen molar-refractivity contribution in [1.29, 1.82) is 0 Å². The quantitative estimate of drug-likeness (QED) is 0.289. The predicted octanol–water partition coefficient (Wildman–Crippen LogP) is 5.68. The fourth-order valence-electron chi connectivity index (χ4n) is 2.83. The molecule has 4 aromatic rings. The largest absolute Gasteiger partial charge is 0.297 e. The van der Waals surface area contributed by atoms with Gasteiger partial charge in [-0.2, -0.15) is 5.10 Å². The zero-order valence-electron chi connectivity index (χ0n) is 15.8. The molecule has 0 bridgehead atoms. The SMILES string of the molecule is C=CCn1c(-c2sc(NC(=O)c3ccc(-c4ccc(F)cc4)s3)nc2C)n[nH]c1=S. The Morgan fingerprint density at radius 3 is 2.80 bits per heavy atom. The highest BCUT2D eigenvalue weighted by molar-refractivity contribution is 7.71. The van der Waals surface area contributed by atoms with Crippen LogP contribution in [0.5, 0.6) is 0 Å². The number of anilines is 1. The van der Waals surface area contributed by atoms with Crippen LogP contribution < -0.4 is 5.32 Å². The van der Waals surface area contributed by atoms with Gasteiger partial charge >= 0.3 is 0 Å². The Labute approximate surface area is 184 Å². The molecule has 3 heterocycles. The predicted molar refractivity (Wildman–Crippen MR) is 121 cm³/mol. The van der Waals surface area contributed by atoms with E-state index in [0.29, 0.717) is 27.1 Å². The molecule has 0 saturated heterocycles. The number of halogens is 1. The van der Waals surface area contributed by atoms with Gasteiger partial charge in [0.25, 0.3) is 5.91 Å². The minimum absolute atomic E-state index is 0.251. The van der Waals surface area contributed by atoms with Crippen molar-refractivity contribution >= 4 is 45.9 Å². The molecule has 2 N–H and O–H groups in total. The lowest BCUT2D eigenvalue weighted by Gasteiger charge is -2.01. The molecule has 0 saturated carbocycles. The molecule has 10 heteroatoms. The number of nitrogens with one attached hydrogen (secondary N) is 2. The monoisotopic (exact) mass is 457 g/mol. The van der Waals surface area contributed by atoms with Gasteiger partial charge in [0, 0.05) is 11.4 Å². The molecule has 0 radical (unpaired) electrons. The first-order valence-electron chi connectivity index (χ1n) is 8.87. The third-order valence-corrected chi connectivity index (χ3v) is 6.76. The molecular formula is C20H16FN5OS3. The average molecular weight is 458 g/mol. The number of thiophene rings is 1. The van der Waals surface area contributed by atoms with Crippen LogP contribution in [0, 0.1) is 17.5 Å². The minimum Gasteiger partial charge on any atom is -0.297 e. The lowest BCUT2D eigenvalue weighted by Crippen LogP contribution is -2.09. The number of allylic oxidation sites excluding steroid dienone is 1. The summed E-state index contributed by atoms with van der Waals surface area (Å²) < 4.78 is 15.4. The van der Waals surface area contributed by atoms with E-state index in [4.69, 9.17) is 12.2 Å². The van der Waals surface area contributed by atoms with Crippen molar-refractivity contribution < 1.29 is 9.18 Å². The van der Waals surface area contributed by atoms with Crippen LogP contribution in [0.2, 0.25) is 0 Å². The molecule has 0 spiro atoms. The summed E-state index contributed by atoms with van der Waals surface area (Å²) in [5.74, 6) is 0.112. The van der Waals surface area contributed by atoms with Crippen molar-refractivity contribution in [1.82, 2.24) is 19.7 Å². The maximum absolute atomic E-state index is 13.1. The van der Waals surface area contributed by atoms with E-state index in [0.717, 1.165) is 21.0 Å². The topological polar surface area (TPSA) is 75.6 Å². The molecule has 0 atom stereocenters. The van der Waals surface area contributed by atoms with Gasteiger partial charge in [-0.05, 0) is 49.0 Å². The van der Waals surface area contributed by atoms with Gasteiger partial charge in [0.05, 0.1) is 15.4 Å². The minimum atomic E-state index is -0.294. The Balaban J connectivity index is 1.55. The number of H-pyrrole nitrogens is 1. The van der Waals surface area contributed by atoms with Gasteiger partial charge < -0.3 is 0 Å². The molecule has 0 aliphatic carbocycles. The van der Waals surface area contributed by atoms with Gasteiger partial charge in [-0.3, -0.25) is 19.8 Å². The fraction of sp³-hybridized carbons (Fsp3) is 0.100. The van der Waals surface area contributed by atoms with E-state index in [9.17, 15) is 9.18 Å². The molecule has 0 fully saturated rings. The third kappa shape index (κ3) is 4.02. The summed E-state index contributed by atoms with van der Waals surface area (Å²) in [6.07, 6.45) is 1.74. The average Bonchev–Trinajstić information content (AvgIpc) is 3.43. The number of benzene rings is 1. The molecule has 1 amide bonds. The van der Waals surface area contributed by atoms with Crippen LogP contribution in [0.1, 0.15) is 15.4 Å². The van der Waals surface area contributed by atoms with E-state index in [1.807, 2.05) is 17.6 Å². The van der Waals surface area contributed by atoms with E-state index in [2.05, 4.69) is 27.1 Å². The number of carbonyl (C=O) groups is 1. The van der Waals surface area contributed by atoms with Crippen molar-refractivity contribution in [3.8, 4) is 21.1 Å². The smallest absolute Gasteiger partial charge is 0.267 e. The Hall–Kier alpha value is -2.95. The summed E-state index contributed by atoms with van der Waals surface area (Å²) in [7, 11) is 0. The lowest BCUT2D eigenvalue weighted by molar-refractivity contribution is 0.103. The third-order valence-electron chi connectivity index (χ3n) is 4.25. The van der Waals surface area contributed by atoms with E-state index in [1.54, 1.807) is 24.3 Å². The van der Waals surface area contributed by atoms with Gasteiger partial charge in [-0.15, -0.1) is 17.9 Å². The number of rotatable bonds is 6. The highest BCUT2D eigenvalue weighted by Gasteiger charge is 2.18. The molecule has 152 valence electrons. The highest BCUT2D eigenvalue weighted by Crippen LogP contribution is 2.33. The summed E-state index contributed by atoms with van der Waals surface area (Å²) in [4.78, 5) is 19.4. The molecule has 0 unspecified atom stereocenters. The van der Waals surface area contributed by atoms with Gasteiger partial charge in [0.2, 0.25) is 0 Å². The first-order valence-corrected chi connectivity index (χ1v) is 10.9. The van der Waals surface area contributed by atoms with Crippen LogP contribution in [0.3, 0.4) is 0 Å². The summed E-state index contributed by atoms with van der Waals surface area (Å²) in [5.41, 5.74) is 1.60. The number of aromatic amines is 1. The van der Waals surface area contributed by atoms with E-state index in [1.165, 1.54) is 34.8 Å². The number of nitrogens with zero attached hydrogens (tertiary/aromatic N) is 3. The van der Waals surface area contributed by atoms with Gasteiger partial charge in [-0.25, -0.2) is 9.37 Å². The maximum Gasteiger partial charge on any atom is 0.267 e. The van der Waals surface area contributed by atoms with Crippen LogP contribution in [-0.4, -0.2) is 25.7 Å². The zero-order valence-corrected chi connectivity index (χ0v) is 18.3. The van der Waals surface area contributed by atoms with Crippen molar-refractivity contribution in [3.63, 3.8) is 0 Å². The van der Waals surface area contributed by atoms with E-state index >= 15 is 0 Å². The van der Waals surface area contributed by atoms with Crippen LogP contribution >= 0.6 is 34.9 Å². The summed E-state index contributed by atoms with van der Waals surface area (Å²) in [6, 6.07) is 9.77. The fourth-order valence-corrected chi connectivity index (χ4v) is 4.91. The molecule has 0 aliphatic rings. The molecule has 1 aromatic carbocycles. The molecule has 4 rings (SSSR count). The first kappa shape index (κ1) is 20.3. The highest BCUT2D eigenvalue weighted by atomic mass is 32.1. The summed E-state index contributed by atoms with van der Waals surface area (Å²) in [6.45, 7) is 6.12. The van der Waals surface area contributed by atoms with Crippen LogP contribution in [0.4, 0.5) is 9.52 Å². The van der Waals surface area contributed by atoms with E-state index in [-0.39, 0.29) is 11.7 Å². The summed E-state index contributed by atoms with van der Waals surface area (Å²) >= 11 is 7.93. The Morgan fingerprint density at radius 1 is 1.30 bits per heavy atom. The summed E-state index contributed by atoms with van der Waals surface area (Å²) in [5, 5.41) is 10.4. The van der Waals surface area contributed by atoms with Crippen molar-refractivity contribution in [2.75, 3.05) is 5.32 Å². The molecule has 3 aromatic heterocycles. The molecule has 6 nitrogen and oxygen atoms in total.